The van der Waals surface area contributed by atoms with Crippen LogP contribution in [0.5, 0.6) is 0 Å². The zero-order valence-corrected chi connectivity index (χ0v) is 31.8. The van der Waals surface area contributed by atoms with Gasteiger partial charge in [-0.05, 0) is 60.7 Å². The summed E-state index contributed by atoms with van der Waals surface area (Å²) in [4.78, 5) is 47.6. The van der Waals surface area contributed by atoms with Gasteiger partial charge < -0.3 is 50.3 Å². The number of aliphatic hydroxyl groups excluding tert-OH is 3. The monoisotopic (exact) mass is 848 g/mol. The van der Waals surface area contributed by atoms with Gasteiger partial charge in [0.1, 0.15) is 0 Å². The molecule has 0 aliphatic heterocycles. The molecule has 6 aromatic heterocycles. The van der Waals surface area contributed by atoms with Gasteiger partial charge in [-0.15, -0.1) is 0 Å². The fourth-order valence-electron chi connectivity index (χ4n) is 4.37. The molecule has 0 unspecified atom stereocenters. The van der Waals surface area contributed by atoms with Gasteiger partial charge >= 0.3 is 31.4 Å². The van der Waals surface area contributed by atoms with Gasteiger partial charge in [0.05, 0.1) is 34.2 Å². The summed E-state index contributed by atoms with van der Waals surface area (Å²) in [7, 11) is 3.00. The molecule has 0 fully saturated rings. The molecule has 16 heteroatoms. The molecular formula is C37H36Cl2N6O7Ru. The number of fused-ring (bicyclic) bond motifs is 3. The van der Waals surface area contributed by atoms with E-state index in [9.17, 15) is 19.8 Å². The molecule has 0 radical (unpaired) electrons. The fourth-order valence-corrected chi connectivity index (χ4v) is 4.37. The van der Waals surface area contributed by atoms with Crippen molar-refractivity contribution < 1.29 is 79.4 Å². The van der Waals surface area contributed by atoms with E-state index in [0.29, 0.717) is 22.5 Å². The third-order valence-corrected chi connectivity index (χ3v) is 6.24. The van der Waals surface area contributed by atoms with Crippen LogP contribution < -0.4 is 24.8 Å². The van der Waals surface area contributed by atoms with Crippen molar-refractivity contribution in [3.05, 3.63) is 151 Å². The van der Waals surface area contributed by atoms with Crippen molar-refractivity contribution in [1.82, 2.24) is 29.9 Å². The molecule has 0 aromatic carbocycles. The fraction of sp³-hybridized carbons (Fsp3) is 0.0811. The molecule has 0 amide bonds. The molecule has 278 valence electrons. The summed E-state index contributed by atoms with van der Waals surface area (Å²) in [5, 5.41) is 39.4. The van der Waals surface area contributed by atoms with Crippen molar-refractivity contribution in [2.24, 2.45) is 0 Å². The zero-order chi connectivity index (χ0) is 36.7. The number of hydrogen-bond acceptors (Lipinski definition) is 11. The van der Waals surface area contributed by atoms with Crippen LogP contribution in [0.2, 0.25) is 0 Å². The Labute approximate surface area is 331 Å². The van der Waals surface area contributed by atoms with E-state index in [0.717, 1.165) is 44.1 Å². The standard InChI is InChI=1S/C14H8N2O4.2C10H8N2.3CH4O.2ClH.Ru/c17-13(18)10(14(19)20)9-7-3-1-5-15-11(7)12-8(9)4-2-6-16-12;2*1-3-7-11-9(5-1)10-6-2-4-8-12-10;3*1-2;;;/h1-6H,(H,17,18)(H,19,20);2*1-8H;3*2H,1H3;2*1H;/q;;;;;;;;+2/p-2. The van der Waals surface area contributed by atoms with E-state index in [1.54, 1.807) is 61.4 Å². The zero-order valence-electron chi connectivity index (χ0n) is 28.5. The molecule has 5 N–H and O–H groups in total. The van der Waals surface area contributed by atoms with Crippen LogP contribution in [-0.2, 0) is 29.1 Å². The van der Waals surface area contributed by atoms with Crippen LogP contribution >= 0.6 is 0 Å². The first kappa shape index (κ1) is 49.8. The maximum Gasteiger partial charge on any atom is 2.00 e. The largest absolute Gasteiger partial charge is 2.00 e. The Morgan fingerprint density at radius 2 is 0.679 bits per heavy atom. The second-order valence-corrected chi connectivity index (χ2v) is 9.02. The second kappa shape index (κ2) is 28.3. The molecule has 7 rings (SSSR count). The van der Waals surface area contributed by atoms with Crippen LogP contribution in [0.4, 0.5) is 0 Å². The summed E-state index contributed by atoms with van der Waals surface area (Å²) < 4.78 is 0. The number of halogens is 2. The third-order valence-electron chi connectivity index (χ3n) is 6.24. The summed E-state index contributed by atoms with van der Waals surface area (Å²) in [6.45, 7) is 0. The number of aromatic nitrogens is 6. The molecule has 1 aliphatic carbocycles. The Morgan fingerprint density at radius 1 is 0.415 bits per heavy atom. The van der Waals surface area contributed by atoms with Gasteiger partial charge in [-0.3, -0.25) is 29.9 Å². The summed E-state index contributed by atoms with van der Waals surface area (Å²) >= 11 is 0. The van der Waals surface area contributed by atoms with E-state index in [1.807, 2.05) is 72.8 Å². The van der Waals surface area contributed by atoms with Crippen LogP contribution in [-0.4, -0.2) is 88.7 Å². The molecule has 0 bridgehead atoms. The normalized spacial score (nSPS) is 9.13. The number of nitrogens with zero attached hydrogens (tertiary/aromatic N) is 6. The van der Waals surface area contributed by atoms with Gasteiger partial charge in [0, 0.05) is 75.2 Å². The van der Waals surface area contributed by atoms with E-state index < -0.39 is 17.5 Å². The molecule has 0 saturated heterocycles. The minimum atomic E-state index is -1.49. The molecule has 0 spiro atoms. The minimum Gasteiger partial charge on any atom is -1.00 e. The van der Waals surface area contributed by atoms with Crippen molar-refractivity contribution in [1.29, 1.82) is 0 Å². The Kier molecular flexibility index (Phi) is 26.6. The van der Waals surface area contributed by atoms with E-state index in [4.69, 9.17) is 15.3 Å². The van der Waals surface area contributed by atoms with Crippen LogP contribution in [0.1, 0.15) is 11.1 Å². The molecule has 13 nitrogen and oxygen atoms in total. The van der Waals surface area contributed by atoms with Gasteiger partial charge in [0.2, 0.25) is 0 Å². The number of carbonyl (C=O) groups is 2. The van der Waals surface area contributed by atoms with E-state index in [1.165, 1.54) is 0 Å². The van der Waals surface area contributed by atoms with Crippen molar-refractivity contribution >= 4 is 17.5 Å². The first-order chi connectivity index (χ1) is 24.5. The third kappa shape index (κ3) is 14.3. The topological polar surface area (TPSA) is 213 Å². The summed E-state index contributed by atoms with van der Waals surface area (Å²) in [5.41, 5.74) is 5.08. The molecule has 1 aliphatic rings. The van der Waals surface area contributed by atoms with Gasteiger partial charge in [-0.1, -0.05) is 36.4 Å². The molecule has 0 saturated carbocycles. The Hall–Kier alpha value is -5.34. The number of carboxylic acid groups (broad SMARTS) is 2. The Morgan fingerprint density at radius 3 is 0.906 bits per heavy atom. The van der Waals surface area contributed by atoms with Crippen molar-refractivity contribution in [3.8, 4) is 34.2 Å². The predicted octanol–water partition coefficient (Wildman–Crippen LogP) is -1.45. The summed E-state index contributed by atoms with van der Waals surface area (Å²) in [6.07, 6.45) is 10.2. The van der Waals surface area contributed by atoms with Crippen LogP contribution in [0, 0.1) is 0 Å². The van der Waals surface area contributed by atoms with Crippen LogP contribution in [0.25, 0.3) is 39.7 Å². The summed E-state index contributed by atoms with van der Waals surface area (Å²) in [5.74, 6) is -2.97. The van der Waals surface area contributed by atoms with E-state index >= 15 is 0 Å². The smallest absolute Gasteiger partial charge is 1.00 e. The van der Waals surface area contributed by atoms with Crippen LogP contribution in [0.3, 0.4) is 0 Å². The Balaban J connectivity index is 0. The van der Waals surface area contributed by atoms with Gasteiger partial charge in [0.25, 0.3) is 0 Å². The average molecular weight is 849 g/mol. The Bertz CT molecular complexity index is 1720. The van der Waals surface area contributed by atoms with Gasteiger partial charge in [-0.25, -0.2) is 9.59 Å². The number of carboxylic acids is 2. The first-order valence-corrected chi connectivity index (χ1v) is 14.7. The minimum absolute atomic E-state index is 0. The predicted molar refractivity (Wildman–Crippen MR) is 188 cm³/mol. The van der Waals surface area contributed by atoms with Crippen molar-refractivity contribution in [2.45, 2.75) is 0 Å². The van der Waals surface area contributed by atoms with Crippen LogP contribution in [0.15, 0.2) is 140 Å². The molecular weight excluding hydrogens is 812 g/mol. The van der Waals surface area contributed by atoms with Gasteiger partial charge in [0.15, 0.2) is 5.57 Å². The SMILES string of the molecule is CO.CO.CO.O=C(O)C(C(=O)O)=C1c2cccnc2-c2ncccc21.[Cl-].[Cl-].[Ru+2].c1ccc(-c2ccccn2)nc1.c1ccc(-c2ccccn2)nc1. The average Bonchev–Trinajstić information content (AvgIpc) is 3.53. The van der Waals surface area contributed by atoms with Gasteiger partial charge in [-0.2, -0.15) is 0 Å². The van der Waals surface area contributed by atoms with E-state index in [2.05, 4.69) is 29.9 Å². The number of hydrogen-bond donors (Lipinski definition) is 5. The number of pyridine rings is 6. The molecule has 6 heterocycles. The molecule has 6 aromatic rings. The second-order valence-electron chi connectivity index (χ2n) is 9.02. The number of aliphatic carboxylic acids is 2. The summed E-state index contributed by atoms with van der Waals surface area (Å²) in [6, 6.07) is 29.7. The first-order valence-electron chi connectivity index (χ1n) is 14.7. The maximum absolute atomic E-state index is 11.3. The van der Waals surface area contributed by atoms with Crippen molar-refractivity contribution in [2.75, 3.05) is 21.3 Å². The maximum atomic E-state index is 11.3. The van der Waals surface area contributed by atoms with E-state index in [-0.39, 0.29) is 49.9 Å². The quantitative estimate of drug-likeness (QED) is 0.0595. The number of aliphatic hydroxyl groups is 3. The molecule has 53 heavy (non-hydrogen) atoms. The molecule has 0 atom stereocenters. The van der Waals surface area contributed by atoms with Crippen molar-refractivity contribution in [3.63, 3.8) is 0 Å². The number of rotatable bonds is 4.